The quantitative estimate of drug-likeness (QED) is 0.608. The monoisotopic (exact) mass is 456 g/mol. The highest BCUT2D eigenvalue weighted by atomic mass is 32.2. The molecule has 1 amide bonds. The van der Waals surface area contributed by atoms with Gasteiger partial charge in [-0.25, -0.2) is 12.8 Å². The van der Waals surface area contributed by atoms with Gasteiger partial charge in [0, 0.05) is 24.3 Å². The molecule has 4 rings (SSSR count). The summed E-state index contributed by atoms with van der Waals surface area (Å²) in [5, 5.41) is 2.62. The molecule has 3 aromatic rings. The molecule has 32 heavy (non-hydrogen) atoms. The third-order valence-electron chi connectivity index (χ3n) is 4.87. The van der Waals surface area contributed by atoms with Crippen molar-refractivity contribution in [2.24, 2.45) is 0 Å². The predicted molar refractivity (Wildman–Crippen MR) is 117 cm³/mol. The number of amides is 1. The Balaban J connectivity index is 1.48. The van der Waals surface area contributed by atoms with E-state index in [4.69, 9.17) is 9.47 Å². The molecule has 1 aliphatic heterocycles. The first-order chi connectivity index (χ1) is 15.4. The third-order valence-corrected chi connectivity index (χ3v) is 6.79. The van der Waals surface area contributed by atoms with Crippen molar-refractivity contribution in [3.8, 4) is 11.5 Å². The van der Waals surface area contributed by atoms with Crippen molar-refractivity contribution >= 4 is 21.6 Å². The van der Waals surface area contributed by atoms with E-state index in [0.29, 0.717) is 17.1 Å². The summed E-state index contributed by atoms with van der Waals surface area (Å²) in [6, 6.07) is 19.2. The molecular weight excluding hydrogens is 435 g/mol. The van der Waals surface area contributed by atoms with Crippen molar-refractivity contribution in [3.05, 3.63) is 84.2 Å². The number of halogens is 1. The Kier molecular flexibility index (Phi) is 6.50. The van der Waals surface area contributed by atoms with Crippen molar-refractivity contribution in [1.82, 2.24) is 4.31 Å². The topological polar surface area (TPSA) is 84.9 Å². The maximum absolute atomic E-state index is 14.3. The fraction of sp³-hybridized carbons (Fsp3) is 0.174. The maximum atomic E-state index is 14.3. The van der Waals surface area contributed by atoms with E-state index in [1.807, 2.05) is 30.3 Å². The van der Waals surface area contributed by atoms with E-state index in [1.165, 1.54) is 10.4 Å². The second kappa shape index (κ2) is 9.47. The number of hydrogen-bond donors (Lipinski definition) is 1. The summed E-state index contributed by atoms with van der Waals surface area (Å²) >= 11 is 0. The molecule has 1 fully saturated rings. The molecule has 166 valence electrons. The van der Waals surface area contributed by atoms with E-state index in [9.17, 15) is 17.6 Å². The van der Waals surface area contributed by atoms with Crippen LogP contribution < -0.4 is 10.1 Å². The van der Waals surface area contributed by atoms with Crippen molar-refractivity contribution in [2.45, 2.75) is 4.90 Å². The number of carbonyl (C=O) groups excluding carboxylic acids is 1. The molecule has 1 saturated heterocycles. The zero-order valence-corrected chi connectivity index (χ0v) is 17.8. The molecule has 7 nitrogen and oxygen atoms in total. The number of ether oxygens (including phenoxy) is 2. The number of carbonyl (C=O) groups is 1. The number of rotatable bonds is 6. The summed E-state index contributed by atoms with van der Waals surface area (Å²) in [6.07, 6.45) is 0. The van der Waals surface area contributed by atoms with Crippen LogP contribution >= 0.6 is 0 Å². The molecule has 0 aromatic heterocycles. The normalized spacial score (nSPS) is 14.7. The number of hydrogen-bond acceptors (Lipinski definition) is 5. The Bertz CT molecular complexity index is 1190. The number of nitrogens with zero attached hydrogens (tertiary/aromatic N) is 1. The molecule has 3 aromatic carbocycles. The maximum Gasteiger partial charge on any atom is 0.255 e. The van der Waals surface area contributed by atoms with Gasteiger partial charge in [-0.2, -0.15) is 4.31 Å². The fourth-order valence-corrected chi connectivity index (χ4v) is 4.71. The number of anilines is 1. The number of benzene rings is 3. The van der Waals surface area contributed by atoms with Crippen LogP contribution in [-0.2, 0) is 14.8 Å². The summed E-state index contributed by atoms with van der Waals surface area (Å²) in [5.41, 5.74) is 0.514. The van der Waals surface area contributed by atoms with Crippen molar-refractivity contribution < 1.29 is 27.1 Å². The van der Waals surface area contributed by atoms with Crippen LogP contribution in [0.4, 0.5) is 10.1 Å². The minimum atomic E-state index is -4.04. The Labute approximate surface area is 185 Å². The van der Waals surface area contributed by atoms with Crippen molar-refractivity contribution in [1.29, 1.82) is 0 Å². The molecular formula is C23H21FN2O5S. The van der Waals surface area contributed by atoms with Crippen molar-refractivity contribution in [3.63, 3.8) is 0 Å². The van der Waals surface area contributed by atoms with Gasteiger partial charge in [0.1, 0.15) is 22.2 Å². The molecule has 9 heteroatoms. The summed E-state index contributed by atoms with van der Waals surface area (Å²) in [7, 11) is -4.04. The Morgan fingerprint density at radius 1 is 0.938 bits per heavy atom. The zero-order chi connectivity index (χ0) is 22.6. The average molecular weight is 456 g/mol. The summed E-state index contributed by atoms with van der Waals surface area (Å²) in [5.74, 6) is -0.104. The van der Waals surface area contributed by atoms with E-state index in [0.717, 1.165) is 12.1 Å². The highest BCUT2D eigenvalue weighted by molar-refractivity contribution is 7.89. The van der Waals surface area contributed by atoms with E-state index >= 15 is 0 Å². The molecule has 1 heterocycles. The third kappa shape index (κ3) is 4.96. The van der Waals surface area contributed by atoms with Gasteiger partial charge >= 0.3 is 0 Å². The van der Waals surface area contributed by atoms with Crippen LogP contribution in [0, 0.1) is 5.82 Å². The standard InChI is InChI=1S/C23H21FN2O5S/c24-21-11-8-18(16-22(21)32(28,29)26-12-14-30-15-13-26)25-23(27)17-6-9-20(10-7-17)31-19-4-2-1-3-5-19/h1-11,16H,12-15H2,(H,25,27). The SMILES string of the molecule is O=C(Nc1ccc(F)c(S(=O)(=O)N2CCOCC2)c1)c1ccc(Oc2ccccc2)cc1. The second-order valence-electron chi connectivity index (χ2n) is 7.06. The largest absolute Gasteiger partial charge is 0.457 e. The average Bonchev–Trinajstić information content (AvgIpc) is 2.82. The van der Waals surface area contributed by atoms with Crippen LogP contribution in [0.25, 0.3) is 0 Å². The molecule has 0 unspecified atom stereocenters. The molecule has 0 saturated carbocycles. The van der Waals surface area contributed by atoms with Gasteiger partial charge in [0.15, 0.2) is 0 Å². The van der Waals surface area contributed by atoms with Crippen LogP contribution in [0.5, 0.6) is 11.5 Å². The van der Waals surface area contributed by atoms with Gasteiger partial charge in [0.25, 0.3) is 5.91 Å². The Morgan fingerprint density at radius 2 is 1.59 bits per heavy atom. The first-order valence-corrected chi connectivity index (χ1v) is 11.4. The van der Waals surface area contributed by atoms with Crippen molar-refractivity contribution in [2.75, 3.05) is 31.6 Å². The van der Waals surface area contributed by atoms with Crippen LogP contribution in [0.2, 0.25) is 0 Å². The summed E-state index contributed by atoms with van der Waals surface area (Å²) < 4.78 is 52.0. The zero-order valence-electron chi connectivity index (χ0n) is 17.0. The summed E-state index contributed by atoms with van der Waals surface area (Å²) in [6.45, 7) is 0.800. The summed E-state index contributed by atoms with van der Waals surface area (Å²) in [4.78, 5) is 12.1. The fourth-order valence-electron chi connectivity index (χ4n) is 3.21. The highest BCUT2D eigenvalue weighted by Crippen LogP contribution is 2.25. The molecule has 0 spiro atoms. The number of morpholine rings is 1. The predicted octanol–water partition coefficient (Wildman–Crippen LogP) is 3.89. The molecule has 1 N–H and O–H groups in total. The lowest BCUT2D eigenvalue weighted by Gasteiger charge is -2.26. The van der Waals surface area contributed by atoms with Gasteiger partial charge < -0.3 is 14.8 Å². The lowest BCUT2D eigenvalue weighted by Crippen LogP contribution is -2.40. The van der Waals surface area contributed by atoms with Crippen LogP contribution in [0.15, 0.2) is 77.7 Å². The molecule has 0 bridgehead atoms. The van der Waals surface area contributed by atoms with Crippen LogP contribution in [-0.4, -0.2) is 44.9 Å². The van der Waals surface area contributed by atoms with E-state index in [1.54, 1.807) is 24.3 Å². The minimum Gasteiger partial charge on any atom is -0.457 e. The highest BCUT2D eigenvalue weighted by Gasteiger charge is 2.29. The lowest BCUT2D eigenvalue weighted by atomic mass is 10.2. The van der Waals surface area contributed by atoms with Crippen LogP contribution in [0.1, 0.15) is 10.4 Å². The molecule has 0 atom stereocenters. The first kappa shape index (κ1) is 21.9. The van der Waals surface area contributed by atoms with Gasteiger partial charge in [-0.3, -0.25) is 4.79 Å². The van der Waals surface area contributed by atoms with Gasteiger partial charge in [-0.1, -0.05) is 18.2 Å². The van der Waals surface area contributed by atoms with Gasteiger partial charge in [0.2, 0.25) is 10.0 Å². The molecule has 0 aliphatic carbocycles. The van der Waals surface area contributed by atoms with Gasteiger partial charge in [0.05, 0.1) is 13.2 Å². The van der Waals surface area contributed by atoms with Gasteiger partial charge in [-0.05, 0) is 54.6 Å². The van der Waals surface area contributed by atoms with E-state index in [-0.39, 0.29) is 32.0 Å². The molecule has 1 aliphatic rings. The molecule has 0 radical (unpaired) electrons. The first-order valence-electron chi connectivity index (χ1n) is 9.95. The lowest BCUT2D eigenvalue weighted by molar-refractivity contribution is 0.0729. The second-order valence-corrected chi connectivity index (χ2v) is 8.96. The van der Waals surface area contributed by atoms with Gasteiger partial charge in [-0.15, -0.1) is 0 Å². The number of para-hydroxylation sites is 1. The van der Waals surface area contributed by atoms with Crippen LogP contribution in [0.3, 0.4) is 0 Å². The Morgan fingerprint density at radius 3 is 2.28 bits per heavy atom. The van der Waals surface area contributed by atoms with E-state index < -0.39 is 26.6 Å². The number of nitrogens with one attached hydrogen (secondary N) is 1. The Hall–Kier alpha value is -3.27. The smallest absolute Gasteiger partial charge is 0.255 e. The minimum absolute atomic E-state index is 0.149. The van der Waals surface area contributed by atoms with E-state index in [2.05, 4.69) is 5.32 Å². The number of sulfonamides is 1.